The van der Waals surface area contributed by atoms with Gasteiger partial charge in [0.2, 0.25) is 0 Å². The summed E-state index contributed by atoms with van der Waals surface area (Å²) in [7, 11) is 1.81. The number of anilines is 1. The zero-order chi connectivity index (χ0) is 19.2. The summed E-state index contributed by atoms with van der Waals surface area (Å²) >= 11 is 1.66. The van der Waals surface area contributed by atoms with Crippen LogP contribution >= 0.6 is 11.3 Å². The number of aliphatic hydroxyl groups excluding tert-OH is 1. The fourth-order valence-corrected chi connectivity index (χ4v) is 3.80. The van der Waals surface area contributed by atoms with Gasteiger partial charge in [0.05, 0.1) is 5.69 Å². The van der Waals surface area contributed by atoms with E-state index in [2.05, 4.69) is 15.7 Å². The third-order valence-electron chi connectivity index (χ3n) is 4.44. The van der Waals surface area contributed by atoms with Gasteiger partial charge in [0.15, 0.2) is 0 Å². The number of amides is 2. The highest BCUT2D eigenvalue weighted by molar-refractivity contribution is 7.09. The van der Waals surface area contributed by atoms with Crippen LogP contribution in [0, 0.1) is 12.8 Å². The molecule has 7 heteroatoms. The number of thiophene rings is 1. The van der Waals surface area contributed by atoms with Gasteiger partial charge in [0, 0.05) is 42.1 Å². The third-order valence-corrected chi connectivity index (χ3v) is 5.34. The number of nitrogens with one attached hydrogen (secondary N) is 2. The topological polar surface area (TPSA) is 79.2 Å². The van der Waals surface area contributed by atoms with Crippen molar-refractivity contribution in [1.29, 1.82) is 0 Å². The normalized spacial score (nSPS) is 12.0. The molecule has 3 N–H and O–H groups in total. The lowest BCUT2D eigenvalue weighted by molar-refractivity contribution is 0.218. The molecule has 1 atom stereocenters. The number of carbonyl (C=O) groups is 1. The molecule has 3 aromatic rings. The van der Waals surface area contributed by atoms with Crippen molar-refractivity contribution in [2.24, 2.45) is 13.0 Å². The molecule has 2 amide bonds. The molecule has 2 aromatic heterocycles. The van der Waals surface area contributed by atoms with Gasteiger partial charge in [-0.25, -0.2) is 4.79 Å². The van der Waals surface area contributed by atoms with Gasteiger partial charge in [-0.15, -0.1) is 11.3 Å². The molecular weight excluding hydrogens is 360 g/mol. The van der Waals surface area contributed by atoms with Gasteiger partial charge in [-0.2, -0.15) is 5.10 Å². The number of hydrogen-bond donors (Lipinski definition) is 3. The molecule has 1 aromatic carbocycles. The monoisotopic (exact) mass is 384 g/mol. The molecule has 0 aliphatic rings. The molecule has 0 saturated carbocycles. The van der Waals surface area contributed by atoms with Crippen LogP contribution in [0.1, 0.15) is 10.4 Å². The van der Waals surface area contributed by atoms with Crippen molar-refractivity contribution in [2.75, 3.05) is 18.5 Å². The van der Waals surface area contributed by atoms with E-state index in [1.807, 2.05) is 61.8 Å². The predicted octanol–water partition coefficient (Wildman–Crippen LogP) is 3.43. The Hall–Kier alpha value is -2.64. The molecule has 0 aliphatic heterocycles. The Kier molecular flexibility index (Phi) is 6.26. The molecular formula is C20H24N4O2S. The number of hydrogen-bond acceptors (Lipinski definition) is 4. The van der Waals surface area contributed by atoms with Crippen LogP contribution in [0.4, 0.5) is 10.6 Å². The summed E-state index contributed by atoms with van der Waals surface area (Å²) in [6.45, 7) is 2.38. The molecule has 0 aliphatic carbocycles. The number of benzene rings is 1. The van der Waals surface area contributed by atoms with E-state index >= 15 is 0 Å². The van der Waals surface area contributed by atoms with Crippen molar-refractivity contribution >= 4 is 23.2 Å². The van der Waals surface area contributed by atoms with Gasteiger partial charge in [-0.1, -0.05) is 36.4 Å². The zero-order valence-electron chi connectivity index (χ0n) is 15.5. The maximum absolute atomic E-state index is 12.3. The van der Waals surface area contributed by atoms with E-state index < -0.39 is 0 Å². The Morgan fingerprint density at radius 1 is 1.26 bits per heavy atom. The van der Waals surface area contributed by atoms with E-state index in [1.54, 1.807) is 16.0 Å². The summed E-state index contributed by atoms with van der Waals surface area (Å²) in [5.41, 5.74) is 2.77. The standard InChI is InChI=1S/C20H24N4O2S/c1-14-18(16-7-4-3-5-8-16)23-24(2)19(14)22-20(26)21-12-15(13-25)11-17-9-6-10-27-17/h3-10,15,25H,11-13H2,1-2H3,(H2,21,22,26). The number of rotatable bonds is 7. The lowest BCUT2D eigenvalue weighted by atomic mass is 10.1. The van der Waals surface area contributed by atoms with Crippen molar-refractivity contribution in [3.8, 4) is 11.3 Å². The average Bonchev–Trinajstić information content (AvgIpc) is 3.29. The molecule has 0 fully saturated rings. The average molecular weight is 385 g/mol. The van der Waals surface area contributed by atoms with Crippen molar-refractivity contribution in [2.45, 2.75) is 13.3 Å². The maximum Gasteiger partial charge on any atom is 0.320 e. The Morgan fingerprint density at radius 2 is 2.04 bits per heavy atom. The Bertz CT molecular complexity index is 875. The molecule has 2 heterocycles. The lowest BCUT2D eigenvalue weighted by Gasteiger charge is -2.15. The fourth-order valence-electron chi connectivity index (χ4n) is 2.98. The first-order chi connectivity index (χ1) is 13.1. The minimum absolute atomic E-state index is 0.0121. The van der Waals surface area contributed by atoms with E-state index in [1.165, 1.54) is 4.88 Å². The van der Waals surface area contributed by atoms with Crippen molar-refractivity contribution in [3.05, 3.63) is 58.3 Å². The quantitative estimate of drug-likeness (QED) is 0.584. The molecule has 142 valence electrons. The van der Waals surface area contributed by atoms with Crippen LogP contribution < -0.4 is 10.6 Å². The third kappa shape index (κ3) is 4.75. The Morgan fingerprint density at radius 3 is 2.70 bits per heavy atom. The molecule has 27 heavy (non-hydrogen) atoms. The fraction of sp³-hybridized carbons (Fsp3) is 0.300. The van der Waals surface area contributed by atoms with Gasteiger partial charge in [-0.05, 0) is 24.8 Å². The highest BCUT2D eigenvalue weighted by atomic mass is 32.1. The summed E-state index contributed by atoms with van der Waals surface area (Å²) in [5.74, 6) is 0.645. The molecule has 0 saturated heterocycles. The summed E-state index contributed by atoms with van der Waals surface area (Å²) in [4.78, 5) is 13.5. The van der Waals surface area contributed by atoms with Gasteiger partial charge in [0.25, 0.3) is 0 Å². The number of aliphatic hydroxyl groups is 1. The number of aromatic nitrogens is 2. The molecule has 6 nitrogen and oxygen atoms in total. The SMILES string of the molecule is Cc1c(-c2ccccc2)nn(C)c1NC(=O)NCC(CO)Cc1cccs1. The van der Waals surface area contributed by atoms with Crippen LogP contribution in [-0.2, 0) is 13.5 Å². The highest BCUT2D eigenvalue weighted by Gasteiger charge is 2.17. The summed E-state index contributed by atoms with van der Waals surface area (Å²) < 4.78 is 1.67. The second kappa shape index (κ2) is 8.83. The minimum atomic E-state index is -0.301. The number of aryl methyl sites for hydroxylation is 1. The van der Waals surface area contributed by atoms with E-state index in [-0.39, 0.29) is 18.6 Å². The molecule has 0 spiro atoms. The first-order valence-electron chi connectivity index (χ1n) is 8.85. The number of urea groups is 1. The van der Waals surface area contributed by atoms with Crippen LogP contribution in [0.5, 0.6) is 0 Å². The van der Waals surface area contributed by atoms with E-state index in [0.717, 1.165) is 23.2 Å². The maximum atomic E-state index is 12.3. The van der Waals surface area contributed by atoms with Gasteiger partial charge in [0.1, 0.15) is 5.82 Å². The van der Waals surface area contributed by atoms with Crippen LogP contribution in [0.25, 0.3) is 11.3 Å². The minimum Gasteiger partial charge on any atom is -0.396 e. The molecule has 0 radical (unpaired) electrons. The second-order valence-corrected chi connectivity index (χ2v) is 7.51. The molecule has 1 unspecified atom stereocenters. The van der Waals surface area contributed by atoms with E-state index in [9.17, 15) is 9.90 Å². The zero-order valence-corrected chi connectivity index (χ0v) is 16.3. The Balaban J connectivity index is 1.61. The van der Waals surface area contributed by atoms with Gasteiger partial charge in [-0.3, -0.25) is 10.00 Å². The Labute approximate surface area is 162 Å². The predicted molar refractivity (Wildman–Crippen MR) is 109 cm³/mol. The summed E-state index contributed by atoms with van der Waals surface area (Å²) in [6, 6.07) is 13.6. The van der Waals surface area contributed by atoms with Crippen molar-refractivity contribution in [1.82, 2.24) is 15.1 Å². The van der Waals surface area contributed by atoms with Crippen LogP contribution in [-0.4, -0.2) is 34.1 Å². The van der Waals surface area contributed by atoms with Gasteiger partial charge >= 0.3 is 6.03 Å². The number of nitrogens with zero attached hydrogens (tertiary/aromatic N) is 2. The van der Waals surface area contributed by atoms with Gasteiger partial charge < -0.3 is 10.4 Å². The van der Waals surface area contributed by atoms with Crippen molar-refractivity contribution < 1.29 is 9.90 Å². The number of carbonyl (C=O) groups excluding carboxylic acids is 1. The lowest BCUT2D eigenvalue weighted by Crippen LogP contribution is -2.35. The first-order valence-corrected chi connectivity index (χ1v) is 9.73. The smallest absolute Gasteiger partial charge is 0.320 e. The van der Waals surface area contributed by atoms with Crippen LogP contribution in [0.2, 0.25) is 0 Å². The largest absolute Gasteiger partial charge is 0.396 e. The van der Waals surface area contributed by atoms with E-state index in [0.29, 0.717) is 12.4 Å². The van der Waals surface area contributed by atoms with Crippen molar-refractivity contribution in [3.63, 3.8) is 0 Å². The highest BCUT2D eigenvalue weighted by Crippen LogP contribution is 2.27. The van der Waals surface area contributed by atoms with Crippen LogP contribution in [0.3, 0.4) is 0 Å². The van der Waals surface area contributed by atoms with Crippen LogP contribution in [0.15, 0.2) is 47.8 Å². The first kappa shape index (κ1) is 19.1. The summed E-state index contributed by atoms with van der Waals surface area (Å²) in [6.07, 6.45) is 0.747. The second-order valence-electron chi connectivity index (χ2n) is 6.48. The van der Waals surface area contributed by atoms with E-state index in [4.69, 9.17) is 0 Å². The molecule has 3 rings (SSSR count). The molecule has 0 bridgehead atoms. The summed E-state index contributed by atoms with van der Waals surface area (Å²) in [5, 5.41) is 21.8.